The van der Waals surface area contributed by atoms with Gasteiger partial charge in [0.15, 0.2) is 0 Å². The molecule has 0 saturated heterocycles. The Morgan fingerprint density at radius 3 is 1.73 bits per heavy atom. The number of hydrogen-bond acceptors (Lipinski definition) is 4. The Balaban J connectivity index is 2.30. The predicted octanol–water partition coefficient (Wildman–Crippen LogP) is 9.61. The number of fused-ring (bicyclic) bond motifs is 1. The van der Waals surface area contributed by atoms with Crippen LogP contribution in [0.3, 0.4) is 0 Å². The number of anilines is 1. The lowest BCUT2D eigenvalue weighted by Crippen LogP contribution is -2.51. The summed E-state index contributed by atoms with van der Waals surface area (Å²) in [7, 11) is 0. The number of hydrogen-bond donors (Lipinski definition) is 0. The van der Waals surface area contributed by atoms with E-state index in [0.29, 0.717) is 18.2 Å². The zero-order chi connectivity index (χ0) is 34.2. The third kappa shape index (κ3) is 8.54. The van der Waals surface area contributed by atoms with Crippen LogP contribution in [-0.4, -0.2) is 35.3 Å². The molecular formula is C30H33F9N2O4. The van der Waals surface area contributed by atoms with Crippen molar-refractivity contribution in [1.29, 1.82) is 0 Å². The summed E-state index contributed by atoms with van der Waals surface area (Å²) in [6, 6.07) is 1.08. The number of alkyl halides is 9. The van der Waals surface area contributed by atoms with Crippen LogP contribution in [0.5, 0.6) is 0 Å². The van der Waals surface area contributed by atoms with Crippen LogP contribution in [0.4, 0.5) is 54.8 Å². The molecule has 2 aromatic carbocycles. The van der Waals surface area contributed by atoms with Gasteiger partial charge < -0.3 is 9.47 Å². The summed E-state index contributed by atoms with van der Waals surface area (Å²) in [5.41, 5.74) is -5.28. The van der Waals surface area contributed by atoms with Crippen LogP contribution in [-0.2, 0) is 34.5 Å². The van der Waals surface area contributed by atoms with E-state index in [9.17, 15) is 49.1 Å². The van der Waals surface area contributed by atoms with Crippen LogP contribution >= 0.6 is 0 Å². The van der Waals surface area contributed by atoms with Gasteiger partial charge in [0.2, 0.25) is 0 Å². The Morgan fingerprint density at radius 2 is 1.29 bits per heavy atom. The molecule has 6 nitrogen and oxygen atoms in total. The van der Waals surface area contributed by atoms with Gasteiger partial charge in [0, 0.05) is 12.6 Å². The molecule has 2 aromatic rings. The summed E-state index contributed by atoms with van der Waals surface area (Å²) in [5.74, 6) is -0.393. The van der Waals surface area contributed by atoms with E-state index in [1.165, 1.54) is 13.8 Å². The fourth-order valence-corrected chi connectivity index (χ4v) is 5.09. The second kappa shape index (κ2) is 13.0. The summed E-state index contributed by atoms with van der Waals surface area (Å²) in [6.45, 7) is 8.53. The van der Waals surface area contributed by atoms with E-state index in [0.717, 1.165) is 21.9 Å². The van der Waals surface area contributed by atoms with Crippen molar-refractivity contribution < 1.29 is 58.6 Å². The first-order valence-electron chi connectivity index (χ1n) is 14.0. The van der Waals surface area contributed by atoms with Crippen LogP contribution in [0.15, 0.2) is 36.4 Å². The zero-order valence-electron chi connectivity index (χ0n) is 25.2. The second-order valence-corrected chi connectivity index (χ2v) is 11.6. The largest absolute Gasteiger partial charge is 0.447 e. The van der Waals surface area contributed by atoms with E-state index in [1.54, 1.807) is 27.7 Å². The zero-order valence-corrected chi connectivity index (χ0v) is 25.2. The molecule has 2 amide bonds. The minimum Gasteiger partial charge on any atom is -0.447 e. The molecule has 0 spiro atoms. The molecule has 0 unspecified atom stereocenters. The van der Waals surface area contributed by atoms with Crippen molar-refractivity contribution in [3.63, 3.8) is 0 Å². The van der Waals surface area contributed by atoms with Gasteiger partial charge in [-0.1, -0.05) is 13.8 Å². The second-order valence-electron chi connectivity index (χ2n) is 11.6. The highest BCUT2D eigenvalue weighted by Gasteiger charge is 2.45. The molecule has 0 bridgehead atoms. The summed E-state index contributed by atoms with van der Waals surface area (Å²) >= 11 is 0. The van der Waals surface area contributed by atoms with Crippen LogP contribution in [0.25, 0.3) is 0 Å². The van der Waals surface area contributed by atoms with Gasteiger partial charge in [-0.05, 0) is 87.6 Å². The quantitative estimate of drug-likeness (QED) is 0.291. The van der Waals surface area contributed by atoms with Gasteiger partial charge in [-0.3, -0.25) is 9.80 Å². The van der Waals surface area contributed by atoms with Crippen molar-refractivity contribution in [3.8, 4) is 0 Å². The van der Waals surface area contributed by atoms with Gasteiger partial charge in [-0.2, -0.15) is 39.5 Å². The smallest absolute Gasteiger partial charge is 0.416 e. The van der Waals surface area contributed by atoms with Gasteiger partial charge in [0.1, 0.15) is 0 Å². The highest BCUT2D eigenvalue weighted by molar-refractivity contribution is 5.91. The average Bonchev–Trinajstić information content (AvgIpc) is 2.87. The number of carbonyl (C=O) groups is 2. The molecule has 0 aromatic heterocycles. The van der Waals surface area contributed by atoms with Gasteiger partial charge >= 0.3 is 30.7 Å². The third-order valence-electron chi connectivity index (χ3n) is 7.02. The highest BCUT2D eigenvalue weighted by atomic mass is 19.4. The standard InChI is InChI=1S/C30H33F9N2O4/c1-15(2)24-13-25(22-12-19(28(31,32)33)7-8-23(22)41(24)27(43)45-17(5)6)40(26(42)44-16(3)4)14-18-9-20(29(34,35)36)11-21(10-18)30(37,38)39/h7-12,15-17,24-25H,13-14H2,1-6H3/t24-,25-/m0/s1. The van der Waals surface area contributed by atoms with Crippen molar-refractivity contribution in [2.45, 2.75) is 97.3 Å². The van der Waals surface area contributed by atoms with Crippen LogP contribution in [0.2, 0.25) is 0 Å². The molecule has 1 aliphatic rings. The summed E-state index contributed by atoms with van der Waals surface area (Å²) < 4.78 is 134. The van der Waals surface area contributed by atoms with Crippen LogP contribution < -0.4 is 4.90 Å². The van der Waals surface area contributed by atoms with Gasteiger partial charge in [-0.15, -0.1) is 0 Å². The Bertz CT molecular complexity index is 1350. The molecule has 0 radical (unpaired) electrons. The molecule has 45 heavy (non-hydrogen) atoms. The molecule has 1 aliphatic heterocycles. The fraction of sp³-hybridized carbons (Fsp3) is 0.533. The van der Waals surface area contributed by atoms with Gasteiger partial charge in [0.05, 0.1) is 40.6 Å². The molecule has 0 aliphatic carbocycles. The Hall–Kier alpha value is -3.65. The van der Waals surface area contributed by atoms with Crippen LogP contribution in [0.1, 0.15) is 81.8 Å². The topological polar surface area (TPSA) is 59.1 Å². The summed E-state index contributed by atoms with van der Waals surface area (Å²) in [5, 5.41) is 0. The molecule has 15 heteroatoms. The Kier molecular flexibility index (Phi) is 10.3. The first-order chi connectivity index (χ1) is 20.5. The van der Waals surface area contributed by atoms with Gasteiger partial charge in [-0.25, -0.2) is 9.59 Å². The van der Waals surface area contributed by atoms with E-state index in [1.807, 2.05) is 0 Å². The number of nitrogens with zero attached hydrogens (tertiary/aromatic N) is 2. The highest BCUT2D eigenvalue weighted by Crippen LogP contribution is 2.46. The maximum Gasteiger partial charge on any atom is 0.416 e. The number of ether oxygens (including phenoxy) is 2. The molecule has 0 N–H and O–H groups in total. The van der Waals surface area contributed by atoms with E-state index in [4.69, 9.17) is 9.47 Å². The van der Waals surface area contributed by atoms with E-state index < -0.39 is 89.7 Å². The SMILES string of the molecule is CC(C)OC(=O)N(Cc1cc(C(F)(F)F)cc(C(F)(F)F)c1)[C@H]1C[C@@H](C(C)C)N(C(=O)OC(C)C)c2ccc(C(F)(F)F)cc21. The maximum absolute atomic E-state index is 13.9. The maximum atomic E-state index is 13.9. The van der Waals surface area contributed by atoms with Crippen molar-refractivity contribution in [1.82, 2.24) is 4.90 Å². The van der Waals surface area contributed by atoms with E-state index in [-0.39, 0.29) is 23.7 Å². The lowest BCUT2D eigenvalue weighted by molar-refractivity contribution is -0.143. The number of halogens is 9. The molecule has 2 atom stereocenters. The number of benzene rings is 2. The number of amides is 2. The van der Waals surface area contributed by atoms with Crippen molar-refractivity contribution in [3.05, 3.63) is 64.2 Å². The molecule has 0 saturated carbocycles. The summed E-state index contributed by atoms with van der Waals surface area (Å²) in [6.07, 6.45) is -19.0. The Labute approximate surface area is 254 Å². The first-order valence-corrected chi connectivity index (χ1v) is 14.0. The third-order valence-corrected chi connectivity index (χ3v) is 7.02. The lowest BCUT2D eigenvalue weighted by atomic mass is 9.84. The molecular weight excluding hydrogens is 623 g/mol. The van der Waals surface area contributed by atoms with Crippen molar-refractivity contribution >= 4 is 17.9 Å². The first kappa shape index (κ1) is 35.8. The van der Waals surface area contributed by atoms with E-state index in [2.05, 4.69) is 0 Å². The molecule has 3 rings (SSSR count). The van der Waals surface area contributed by atoms with Gasteiger partial charge in [0.25, 0.3) is 0 Å². The van der Waals surface area contributed by atoms with Crippen LogP contribution in [0, 0.1) is 5.92 Å². The molecule has 1 heterocycles. The minimum atomic E-state index is -5.18. The molecule has 250 valence electrons. The minimum absolute atomic E-state index is 0.0639. The average molecular weight is 657 g/mol. The Morgan fingerprint density at radius 1 is 0.778 bits per heavy atom. The molecule has 0 fully saturated rings. The monoisotopic (exact) mass is 656 g/mol. The van der Waals surface area contributed by atoms with Crippen molar-refractivity contribution in [2.75, 3.05) is 4.90 Å². The van der Waals surface area contributed by atoms with Crippen molar-refractivity contribution in [2.24, 2.45) is 5.92 Å². The summed E-state index contributed by atoms with van der Waals surface area (Å²) in [4.78, 5) is 28.7. The van der Waals surface area contributed by atoms with E-state index >= 15 is 0 Å². The fourth-order valence-electron chi connectivity index (χ4n) is 5.09. The predicted molar refractivity (Wildman–Crippen MR) is 145 cm³/mol. The normalized spacial score (nSPS) is 17.5. The lowest BCUT2D eigenvalue weighted by Gasteiger charge is -2.45. The number of carbonyl (C=O) groups excluding carboxylic acids is 2. The number of rotatable bonds is 6.